The van der Waals surface area contributed by atoms with Gasteiger partial charge in [0.1, 0.15) is 11.8 Å². The van der Waals surface area contributed by atoms with E-state index >= 15 is 0 Å². The van der Waals surface area contributed by atoms with Gasteiger partial charge in [0.2, 0.25) is 0 Å². The summed E-state index contributed by atoms with van der Waals surface area (Å²) < 4.78 is 0. The lowest BCUT2D eigenvalue weighted by molar-refractivity contribution is 0.0913. The van der Waals surface area contributed by atoms with E-state index in [1.807, 2.05) is 35.7 Å². The molecule has 1 aromatic carbocycles. The second kappa shape index (κ2) is 5.99. The SMILES string of the molecule is O=C(NC[C@H](O)c1cccs1)c1cnc2ccccc2n1. The van der Waals surface area contributed by atoms with Crippen molar-refractivity contribution in [2.45, 2.75) is 6.10 Å². The van der Waals surface area contributed by atoms with Gasteiger partial charge in [0.15, 0.2) is 0 Å². The van der Waals surface area contributed by atoms with E-state index in [0.717, 1.165) is 10.4 Å². The number of carbonyl (C=O) groups excluding carboxylic acids is 1. The number of aromatic nitrogens is 2. The molecule has 0 aliphatic carbocycles. The predicted molar refractivity (Wildman–Crippen MR) is 81.2 cm³/mol. The number of thiophene rings is 1. The largest absolute Gasteiger partial charge is 0.386 e. The van der Waals surface area contributed by atoms with Gasteiger partial charge in [-0.1, -0.05) is 18.2 Å². The summed E-state index contributed by atoms with van der Waals surface area (Å²) in [7, 11) is 0. The molecule has 3 rings (SSSR count). The number of carbonyl (C=O) groups is 1. The van der Waals surface area contributed by atoms with E-state index in [9.17, 15) is 9.90 Å². The second-order valence-corrected chi connectivity index (χ2v) is 5.46. The number of aliphatic hydroxyl groups is 1. The van der Waals surface area contributed by atoms with Gasteiger partial charge in [-0.3, -0.25) is 9.78 Å². The van der Waals surface area contributed by atoms with Gasteiger partial charge in [-0.15, -0.1) is 11.3 Å². The molecule has 106 valence electrons. The van der Waals surface area contributed by atoms with Crippen molar-refractivity contribution in [2.75, 3.05) is 6.54 Å². The first-order valence-corrected chi connectivity index (χ1v) is 7.33. The second-order valence-electron chi connectivity index (χ2n) is 4.49. The molecule has 6 heteroatoms. The molecule has 0 aliphatic rings. The predicted octanol–water partition coefficient (Wildman–Crippen LogP) is 2.15. The van der Waals surface area contributed by atoms with Crippen LogP contribution in [0.5, 0.6) is 0 Å². The number of amides is 1. The van der Waals surface area contributed by atoms with Crippen LogP contribution in [-0.4, -0.2) is 27.5 Å². The first-order chi connectivity index (χ1) is 10.2. The van der Waals surface area contributed by atoms with Crippen LogP contribution in [0.1, 0.15) is 21.5 Å². The molecule has 1 amide bonds. The Morgan fingerprint density at radius 1 is 1.24 bits per heavy atom. The number of para-hydroxylation sites is 2. The Bertz CT molecular complexity index is 758. The van der Waals surface area contributed by atoms with Crippen molar-refractivity contribution in [3.63, 3.8) is 0 Å². The summed E-state index contributed by atoms with van der Waals surface area (Å²) >= 11 is 1.45. The molecule has 0 aliphatic heterocycles. The molecular weight excluding hydrogens is 286 g/mol. The highest BCUT2D eigenvalue weighted by molar-refractivity contribution is 7.10. The average molecular weight is 299 g/mol. The fourth-order valence-electron chi connectivity index (χ4n) is 1.93. The van der Waals surface area contributed by atoms with E-state index in [0.29, 0.717) is 5.52 Å². The minimum Gasteiger partial charge on any atom is -0.386 e. The van der Waals surface area contributed by atoms with E-state index in [1.54, 1.807) is 6.07 Å². The average Bonchev–Trinajstić information content (AvgIpc) is 3.06. The van der Waals surface area contributed by atoms with Crippen molar-refractivity contribution in [3.8, 4) is 0 Å². The Kier molecular flexibility index (Phi) is 3.89. The number of rotatable bonds is 4. The quantitative estimate of drug-likeness (QED) is 0.774. The number of nitrogens with one attached hydrogen (secondary N) is 1. The fourth-order valence-corrected chi connectivity index (χ4v) is 2.64. The van der Waals surface area contributed by atoms with Crippen molar-refractivity contribution >= 4 is 28.3 Å². The number of nitrogens with zero attached hydrogens (tertiary/aromatic N) is 2. The van der Waals surface area contributed by atoms with E-state index < -0.39 is 6.10 Å². The maximum atomic E-state index is 12.0. The zero-order valence-corrected chi connectivity index (χ0v) is 11.9. The van der Waals surface area contributed by atoms with Crippen LogP contribution in [0.25, 0.3) is 11.0 Å². The highest BCUT2D eigenvalue weighted by Gasteiger charge is 2.13. The molecule has 2 aromatic heterocycles. The number of aliphatic hydroxyl groups excluding tert-OH is 1. The van der Waals surface area contributed by atoms with Crippen LogP contribution in [0.15, 0.2) is 48.0 Å². The summed E-state index contributed by atoms with van der Waals surface area (Å²) in [5, 5.41) is 14.5. The van der Waals surface area contributed by atoms with E-state index in [1.165, 1.54) is 17.5 Å². The van der Waals surface area contributed by atoms with Crippen LogP contribution in [-0.2, 0) is 0 Å². The lowest BCUT2D eigenvalue weighted by Crippen LogP contribution is -2.28. The zero-order chi connectivity index (χ0) is 14.7. The zero-order valence-electron chi connectivity index (χ0n) is 11.1. The van der Waals surface area contributed by atoms with E-state index in [-0.39, 0.29) is 18.1 Å². The molecular formula is C15H13N3O2S. The third-order valence-corrected chi connectivity index (χ3v) is 3.98. The number of fused-ring (bicyclic) bond motifs is 1. The minimum absolute atomic E-state index is 0.147. The Balaban J connectivity index is 1.69. The third kappa shape index (κ3) is 3.07. The first-order valence-electron chi connectivity index (χ1n) is 6.45. The van der Waals surface area contributed by atoms with Gasteiger partial charge in [0, 0.05) is 11.4 Å². The van der Waals surface area contributed by atoms with Crippen LogP contribution in [0.3, 0.4) is 0 Å². The van der Waals surface area contributed by atoms with Gasteiger partial charge >= 0.3 is 0 Å². The Morgan fingerprint density at radius 2 is 2.05 bits per heavy atom. The summed E-state index contributed by atoms with van der Waals surface area (Å²) in [6.07, 6.45) is 0.734. The van der Waals surface area contributed by atoms with Crippen molar-refractivity contribution in [3.05, 3.63) is 58.5 Å². The van der Waals surface area contributed by atoms with E-state index in [2.05, 4.69) is 15.3 Å². The molecule has 5 nitrogen and oxygen atoms in total. The Morgan fingerprint density at radius 3 is 2.81 bits per heavy atom. The normalized spacial score (nSPS) is 12.2. The topological polar surface area (TPSA) is 75.1 Å². The molecule has 2 heterocycles. The Labute approximate surface area is 125 Å². The highest BCUT2D eigenvalue weighted by Crippen LogP contribution is 2.17. The van der Waals surface area contributed by atoms with Crippen molar-refractivity contribution in [1.82, 2.24) is 15.3 Å². The summed E-state index contributed by atoms with van der Waals surface area (Å²) in [5.41, 5.74) is 1.66. The highest BCUT2D eigenvalue weighted by atomic mass is 32.1. The number of hydrogen-bond acceptors (Lipinski definition) is 5. The summed E-state index contributed by atoms with van der Waals surface area (Å²) in [5.74, 6) is -0.344. The van der Waals surface area contributed by atoms with Crippen LogP contribution in [0.2, 0.25) is 0 Å². The minimum atomic E-state index is -0.706. The molecule has 0 saturated heterocycles. The van der Waals surface area contributed by atoms with E-state index in [4.69, 9.17) is 0 Å². The molecule has 0 spiro atoms. The van der Waals surface area contributed by atoms with Crippen LogP contribution in [0, 0.1) is 0 Å². The van der Waals surface area contributed by atoms with Gasteiger partial charge in [0.25, 0.3) is 5.91 Å². The summed E-state index contributed by atoms with van der Waals surface area (Å²) in [6, 6.07) is 11.1. The van der Waals surface area contributed by atoms with Gasteiger partial charge in [-0.25, -0.2) is 4.98 Å². The van der Waals surface area contributed by atoms with Crippen molar-refractivity contribution < 1.29 is 9.90 Å². The molecule has 0 fully saturated rings. The molecule has 21 heavy (non-hydrogen) atoms. The molecule has 2 N–H and O–H groups in total. The number of benzene rings is 1. The van der Waals surface area contributed by atoms with Crippen molar-refractivity contribution in [1.29, 1.82) is 0 Å². The maximum Gasteiger partial charge on any atom is 0.271 e. The first kappa shape index (κ1) is 13.7. The summed E-state index contributed by atoms with van der Waals surface area (Å²) in [6.45, 7) is 0.147. The number of hydrogen-bond donors (Lipinski definition) is 2. The van der Waals surface area contributed by atoms with Gasteiger partial charge in [0.05, 0.1) is 17.2 Å². The van der Waals surface area contributed by atoms with Crippen LogP contribution < -0.4 is 5.32 Å². The summed E-state index contributed by atoms with van der Waals surface area (Å²) in [4.78, 5) is 21.3. The van der Waals surface area contributed by atoms with Crippen LogP contribution >= 0.6 is 11.3 Å². The molecule has 0 unspecified atom stereocenters. The fraction of sp³-hybridized carbons (Fsp3) is 0.133. The van der Waals surface area contributed by atoms with Gasteiger partial charge < -0.3 is 10.4 Å². The lowest BCUT2D eigenvalue weighted by atomic mass is 10.2. The van der Waals surface area contributed by atoms with Crippen molar-refractivity contribution in [2.24, 2.45) is 0 Å². The van der Waals surface area contributed by atoms with Crippen LogP contribution in [0.4, 0.5) is 0 Å². The van der Waals surface area contributed by atoms with Gasteiger partial charge in [-0.05, 0) is 23.6 Å². The standard InChI is InChI=1S/C15H13N3O2S/c19-13(14-6-3-7-21-14)9-17-15(20)12-8-16-10-4-1-2-5-11(10)18-12/h1-8,13,19H,9H2,(H,17,20)/t13-/m0/s1. The Hall–Kier alpha value is -2.31. The van der Waals surface area contributed by atoms with Gasteiger partial charge in [-0.2, -0.15) is 0 Å². The molecule has 1 atom stereocenters. The molecule has 3 aromatic rings. The third-order valence-electron chi connectivity index (χ3n) is 3.01. The smallest absolute Gasteiger partial charge is 0.271 e. The molecule has 0 bridgehead atoms. The molecule has 0 radical (unpaired) electrons. The lowest BCUT2D eigenvalue weighted by Gasteiger charge is -2.10. The monoisotopic (exact) mass is 299 g/mol. The molecule has 0 saturated carbocycles. The maximum absolute atomic E-state index is 12.0.